The van der Waals surface area contributed by atoms with Gasteiger partial charge in [-0.2, -0.15) is 0 Å². The number of carbonyl (C=O) groups is 2. The van der Waals surface area contributed by atoms with E-state index >= 15 is 0 Å². The number of benzene rings is 3. The van der Waals surface area contributed by atoms with E-state index < -0.39 is 102 Å². The van der Waals surface area contributed by atoms with Gasteiger partial charge in [0.1, 0.15) is 5.75 Å². The van der Waals surface area contributed by atoms with E-state index in [-0.39, 0.29) is 82.6 Å². The van der Waals surface area contributed by atoms with E-state index in [2.05, 4.69) is 22.5 Å². The van der Waals surface area contributed by atoms with Crippen LogP contribution in [0.4, 0.5) is 0 Å². The first-order valence-electron chi connectivity index (χ1n) is 29.5. The van der Waals surface area contributed by atoms with Crippen LogP contribution in [0, 0.1) is 35.5 Å². The molecule has 4 aliphatic heterocycles. The van der Waals surface area contributed by atoms with E-state index in [1.807, 2.05) is 86.7 Å². The number of aliphatic hydroxyl groups excluding tert-OH is 7. The topological polar surface area (TPSA) is 281 Å². The second kappa shape index (κ2) is 27.7. The second-order valence-electron chi connectivity index (χ2n) is 23.8. The van der Waals surface area contributed by atoms with Gasteiger partial charge in [-0.1, -0.05) is 111 Å². The van der Waals surface area contributed by atoms with Gasteiger partial charge in [0.25, 0.3) is 0 Å². The van der Waals surface area contributed by atoms with Gasteiger partial charge in [-0.15, -0.1) is 0 Å². The molecule has 1 saturated heterocycles. The van der Waals surface area contributed by atoms with Crippen LogP contribution in [-0.4, -0.2) is 141 Å². The van der Waals surface area contributed by atoms with Crippen LogP contribution in [-0.2, 0) is 35.3 Å². The summed E-state index contributed by atoms with van der Waals surface area (Å²) in [4.78, 5) is 25.4. The van der Waals surface area contributed by atoms with Crippen LogP contribution in [0.25, 0.3) is 6.08 Å². The number of aliphatic carboxylic acids is 2. The first kappa shape index (κ1) is 61.6. The van der Waals surface area contributed by atoms with Crippen molar-refractivity contribution in [2.24, 2.45) is 23.7 Å². The zero-order chi connectivity index (χ0) is 58.0. The minimum absolute atomic E-state index is 0.0238. The van der Waals surface area contributed by atoms with E-state index in [0.717, 1.165) is 23.1 Å². The molecule has 6 aliphatic rings. The number of aliphatic hydroxyl groups is 8. The lowest BCUT2D eigenvalue weighted by Crippen LogP contribution is -2.73. The van der Waals surface area contributed by atoms with Crippen LogP contribution in [0.3, 0.4) is 0 Å². The van der Waals surface area contributed by atoms with Crippen molar-refractivity contribution in [1.82, 2.24) is 10.6 Å². The number of nitrogens with one attached hydrogen (secondary N) is 2. The van der Waals surface area contributed by atoms with Crippen molar-refractivity contribution < 1.29 is 65.8 Å². The maximum Gasteiger partial charge on any atom is 0.303 e. The van der Waals surface area contributed by atoms with Gasteiger partial charge in [0, 0.05) is 42.6 Å². The summed E-state index contributed by atoms with van der Waals surface area (Å²) in [6.45, 7) is 3.13. The highest BCUT2D eigenvalue weighted by Gasteiger charge is 2.62. The minimum Gasteiger partial charge on any atom is -0.508 e. The molecule has 15 nitrogen and oxygen atoms in total. The van der Waals surface area contributed by atoms with Gasteiger partial charge in [0.05, 0.1) is 60.6 Å². The maximum absolute atomic E-state index is 14.9. The van der Waals surface area contributed by atoms with Crippen molar-refractivity contribution in [2.45, 2.75) is 189 Å². The van der Waals surface area contributed by atoms with Crippen LogP contribution in [0.5, 0.6) is 5.75 Å². The molecule has 4 heterocycles. The Balaban J connectivity index is 1.49. The van der Waals surface area contributed by atoms with Crippen molar-refractivity contribution in [3.05, 3.63) is 141 Å². The van der Waals surface area contributed by atoms with E-state index in [4.69, 9.17) is 0 Å². The van der Waals surface area contributed by atoms with Gasteiger partial charge >= 0.3 is 11.9 Å². The molecule has 81 heavy (non-hydrogen) atoms. The van der Waals surface area contributed by atoms with Crippen LogP contribution in [0.15, 0.2) is 102 Å². The van der Waals surface area contributed by atoms with E-state index in [1.54, 1.807) is 24.3 Å². The number of phenolic OH excluding ortho intramolecular Hbond substituents is 1. The summed E-state index contributed by atoms with van der Waals surface area (Å²) in [6.07, 6.45) is 8.72. The standard InChI is InChI=1S/C66H86N2O13/c1-3-4-11-57(73)58(74)27-20-44-16-15-42-8-5-6-9-43(42)19-22-49-10-7-31-66(81,63-45(30-32-69)17-18-48-34-50(71)23-25-52(48)63)65(49)38-41-13-14-47(46(33-41)21-29-61(77)78)35-60(76)53-24-12-40(2)67-64(55(53)37-62(79)80)59(75)28-26-56(68-65)54(44)36-51(72)39-70/h5-10,13-14,17-18,20,23,25,27,33-34,40,45,49,51,53,55-60,63-64,67-76,81H,3-4,11-12,15-16,21,24,26,28-32,35-39H2,1-2H3,(H,77,78)(H,79,80)/b27-20+,54-44+/t40-,45+,49-,51-,53+,55+,56-,57-,58+,59+,60-,63-,64+,65-,66+/m0/s1. The number of rotatable bonds is 17. The molecule has 0 unspecified atom stereocenters. The number of fused-ring (bicyclic) bond motifs is 7. The molecule has 0 radical (unpaired) electrons. The molecular formula is C66H86N2O13. The fourth-order valence-corrected chi connectivity index (χ4v) is 14.2. The summed E-state index contributed by atoms with van der Waals surface area (Å²) in [6, 6.07) is 16.7. The van der Waals surface area contributed by atoms with Crippen molar-refractivity contribution in [3.8, 4) is 17.6 Å². The molecule has 13 N–H and O–H groups in total. The molecule has 3 aromatic carbocycles. The smallest absolute Gasteiger partial charge is 0.303 e. The number of aryl methyl sites for hydroxylation is 2. The highest BCUT2D eigenvalue weighted by atomic mass is 16.4. The molecule has 0 aromatic heterocycles. The number of hydrogen-bond donors (Lipinski definition) is 13. The van der Waals surface area contributed by atoms with Gasteiger partial charge in [-0.05, 0) is 171 Å². The Morgan fingerprint density at radius 2 is 1.72 bits per heavy atom. The average Bonchev–Trinajstić information content (AvgIpc) is 2.07. The first-order chi connectivity index (χ1) is 38.9. The Labute approximate surface area is 476 Å². The number of allylic oxidation sites excluding steroid dienone is 3. The second-order valence-corrected chi connectivity index (χ2v) is 23.8. The number of phenols is 1. The summed E-state index contributed by atoms with van der Waals surface area (Å²) < 4.78 is 0. The predicted octanol–water partition coefficient (Wildman–Crippen LogP) is 6.18. The van der Waals surface area contributed by atoms with Crippen LogP contribution >= 0.6 is 0 Å². The third-order valence-corrected chi connectivity index (χ3v) is 18.4. The molecule has 1 spiro atoms. The SMILES string of the molecule is CCCC[C@H](O)[C@H](O)/C=C/C1=C(\C[C@H](O)CO)[C@@H]2CC[C@@H](O)[C@@H]3N[C@@H](C)CC[C@H]([C@H]3CC(=O)O)[C@@H](O)Cc3ccc(cc3CCC(=O)O)C[C@]3(N2)[C@H](C#Cc2ccccc2CC1)C=CC[C@@]3(O)[C@@H]1c2ccc(O)cc2C=C[C@@H]1CCO. The molecule has 0 saturated carbocycles. The Bertz CT molecular complexity index is 2850. The van der Waals surface area contributed by atoms with Gasteiger partial charge in [0.15, 0.2) is 0 Å². The molecule has 2 aliphatic carbocycles. The van der Waals surface area contributed by atoms with Gasteiger partial charge in [-0.25, -0.2) is 0 Å². The Kier molecular flexibility index (Phi) is 21.1. The zero-order valence-electron chi connectivity index (χ0n) is 46.9. The number of carboxylic acids is 2. The van der Waals surface area contributed by atoms with Gasteiger partial charge in [-0.3, -0.25) is 9.59 Å². The molecule has 1 fully saturated rings. The third-order valence-electron chi connectivity index (χ3n) is 18.4. The van der Waals surface area contributed by atoms with Crippen LogP contribution < -0.4 is 10.6 Å². The molecule has 0 amide bonds. The van der Waals surface area contributed by atoms with Crippen molar-refractivity contribution in [1.29, 1.82) is 0 Å². The summed E-state index contributed by atoms with van der Waals surface area (Å²) in [5, 5.41) is 136. The summed E-state index contributed by atoms with van der Waals surface area (Å²) in [5.74, 6) is 1.67. The summed E-state index contributed by atoms with van der Waals surface area (Å²) in [7, 11) is 0. The largest absolute Gasteiger partial charge is 0.508 e. The number of hydrogen-bond acceptors (Lipinski definition) is 13. The van der Waals surface area contributed by atoms with E-state index in [0.29, 0.717) is 71.9 Å². The zero-order valence-corrected chi connectivity index (χ0v) is 46.9. The summed E-state index contributed by atoms with van der Waals surface area (Å²) in [5.41, 5.74) is 2.84. The van der Waals surface area contributed by atoms with Crippen molar-refractivity contribution >= 4 is 18.0 Å². The van der Waals surface area contributed by atoms with Crippen LogP contribution in [0.2, 0.25) is 0 Å². The minimum atomic E-state index is -1.87. The summed E-state index contributed by atoms with van der Waals surface area (Å²) >= 11 is 0. The van der Waals surface area contributed by atoms with Crippen molar-refractivity contribution in [2.75, 3.05) is 13.2 Å². The van der Waals surface area contributed by atoms with Crippen molar-refractivity contribution in [3.63, 3.8) is 0 Å². The highest BCUT2D eigenvalue weighted by Crippen LogP contribution is 2.55. The maximum atomic E-state index is 14.9. The lowest BCUT2D eigenvalue weighted by molar-refractivity contribution is -0.140. The fraction of sp³-hybridized carbons (Fsp3) is 0.545. The highest BCUT2D eigenvalue weighted by molar-refractivity contribution is 5.68. The van der Waals surface area contributed by atoms with E-state index in [9.17, 15) is 65.8 Å². The number of aromatic hydroxyl groups is 1. The lowest BCUT2D eigenvalue weighted by atomic mass is 9.53. The molecular weight excluding hydrogens is 1030 g/mol. The molecule has 9 rings (SSSR count). The quantitative estimate of drug-likeness (QED) is 0.0531. The Morgan fingerprint density at radius 3 is 2.47 bits per heavy atom. The van der Waals surface area contributed by atoms with Crippen LogP contribution in [0.1, 0.15) is 142 Å². The fourth-order valence-electron chi connectivity index (χ4n) is 14.2. The molecule has 438 valence electrons. The predicted molar refractivity (Wildman–Crippen MR) is 310 cm³/mol. The van der Waals surface area contributed by atoms with Gasteiger partial charge < -0.3 is 66.8 Å². The monoisotopic (exact) mass is 1110 g/mol. The molecule has 15 atom stereocenters. The normalized spacial score (nSPS) is 31.7. The lowest BCUT2D eigenvalue weighted by Gasteiger charge is -2.59. The number of unbranched alkanes of at least 4 members (excludes halogenated alkanes) is 1. The van der Waals surface area contributed by atoms with E-state index in [1.165, 1.54) is 0 Å². The van der Waals surface area contributed by atoms with Gasteiger partial charge in [0.2, 0.25) is 0 Å². The Hall–Kier alpha value is -5.48. The number of carboxylic acid groups (broad SMARTS) is 2. The Morgan fingerprint density at radius 1 is 0.914 bits per heavy atom. The first-order valence-corrected chi connectivity index (χ1v) is 29.5. The third kappa shape index (κ3) is 14.3. The average molecular weight is 1120 g/mol. The molecule has 6 bridgehead atoms. The molecule has 3 aromatic rings. The molecule has 15 heteroatoms.